The van der Waals surface area contributed by atoms with Crippen LogP contribution in [-0.4, -0.2) is 68.5 Å². The fourth-order valence-corrected chi connectivity index (χ4v) is 10.4. The van der Waals surface area contributed by atoms with E-state index in [0.717, 1.165) is 89.9 Å². The third kappa shape index (κ3) is 64.7. The zero-order chi connectivity index (χ0) is 59.8. The first kappa shape index (κ1) is 79.2. The topological polar surface area (TPSA) is 108 Å². The molecular formula is C73H131N2O6P. The largest absolute Gasteiger partial charge is 0.756 e. The van der Waals surface area contributed by atoms with Crippen molar-refractivity contribution in [3.05, 3.63) is 109 Å². The summed E-state index contributed by atoms with van der Waals surface area (Å²) in [4.78, 5) is 25.6. The summed E-state index contributed by atoms with van der Waals surface area (Å²) in [5.41, 5.74) is 0. The van der Waals surface area contributed by atoms with Crippen molar-refractivity contribution in [2.75, 3.05) is 40.9 Å². The minimum atomic E-state index is -4.61. The van der Waals surface area contributed by atoms with Gasteiger partial charge in [0.1, 0.15) is 13.2 Å². The van der Waals surface area contributed by atoms with Gasteiger partial charge in [-0.25, -0.2) is 0 Å². The average Bonchev–Trinajstić information content (AvgIpc) is 3.47. The lowest BCUT2D eigenvalue weighted by Gasteiger charge is -2.29. The Morgan fingerprint density at radius 3 is 1.09 bits per heavy atom. The number of aliphatic hydroxyl groups is 1. The summed E-state index contributed by atoms with van der Waals surface area (Å²) in [6.45, 7) is 4.56. The normalized spacial score (nSPS) is 14.4. The van der Waals surface area contributed by atoms with Crippen LogP contribution in [0.25, 0.3) is 0 Å². The van der Waals surface area contributed by atoms with E-state index in [4.69, 9.17) is 9.05 Å². The van der Waals surface area contributed by atoms with Gasteiger partial charge in [0.05, 0.1) is 39.9 Å². The Bertz CT molecular complexity index is 1700. The van der Waals surface area contributed by atoms with Crippen LogP contribution in [0.2, 0.25) is 0 Å². The maximum Gasteiger partial charge on any atom is 0.268 e. The van der Waals surface area contributed by atoms with Gasteiger partial charge < -0.3 is 28.8 Å². The van der Waals surface area contributed by atoms with E-state index in [1.165, 1.54) is 186 Å². The molecular weight excluding hydrogens is 1030 g/mol. The van der Waals surface area contributed by atoms with Crippen molar-refractivity contribution in [1.29, 1.82) is 0 Å². The number of hydrogen-bond acceptors (Lipinski definition) is 6. The molecule has 9 heteroatoms. The highest BCUT2D eigenvalue weighted by atomic mass is 31.2. The lowest BCUT2D eigenvalue weighted by Crippen LogP contribution is -2.45. The van der Waals surface area contributed by atoms with E-state index >= 15 is 0 Å². The number of carbonyl (C=O) groups is 1. The number of unbranched alkanes of at least 4 members (excludes halogenated alkanes) is 33. The molecule has 474 valence electrons. The van der Waals surface area contributed by atoms with Gasteiger partial charge in [0, 0.05) is 6.42 Å². The Morgan fingerprint density at radius 2 is 0.744 bits per heavy atom. The second kappa shape index (κ2) is 62.7. The molecule has 3 unspecified atom stereocenters. The first-order valence-electron chi connectivity index (χ1n) is 34.2. The number of likely N-dealkylation sites (N-methyl/N-ethyl adjacent to an activating group) is 1. The Balaban J connectivity index is 4.11. The fourth-order valence-electron chi connectivity index (χ4n) is 9.70. The lowest BCUT2D eigenvalue weighted by atomic mass is 10.0. The molecule has 0 aromatic carbocycles. The van der Waals surface area contributed by atoms with Crippen LogP contribution in [0, 0.1) is 0 Å². The van der Waals surface area contributed by atoms with Crippen molar-refractivity contribution in [3.8, 4) is 0 Å². The van der Waals surface area contributed by atoms with Crippen molar-refractivity contribution in [2.24, 2.45) is 0 Å². The number of carbonyl (C=O) groups excluding carboxylic acids is 1. The molecule has 0 rings (SSSR count). The van der Waals surface area contributed by atoms with Gasteiger partial charge in [-0.05, 0) is 83.5 Å². The fraction of sp³-hybridized carbons (Fsp3) is 0.740. The highest BCUT2D eigenvalue weighted by molar-refractivity contribution is 7.45. The van der Waals surface area contributed by atoms with Crippen LogP contribution in [0.1, 0.15) is 296 Å². The van der Waals surface area contributed by atoms with Crippen LogP contribution in [0.15, 0.2) is 109 Å². The Hall–Kier alpha value is -2.84. The van der Waals surface area contributed by atoms with Gasteiger partial charge in [-0.2, -0.15) is 0 Å². The van der Waals surface area contributed by atoms with E-state index in [-0.39, 0.29) is 19.1 Å². The second-order valence-corrected chi connectivity index (χ2v) is 25.6. The molecule has 0 aliphatic heterocycles. The summed E-state index contributed by atoms with van der Waals surface area (Å²) in [5, 5.41) is 14.0. The minimum absolute atomic E-state index is 0.00488. The molecule has 0 spiro atoms. The number of nitrogens with zero attached hydrogens (tertiary/aromatic N) is 1. The molecule has 82 heavy (non-hydrogen) atoms. The number of phosphoric acid groups is 1. The molecule has 0 bridgehead atoms. The van der Waals surface area contributed by atoms with E-state index < -0.39 is 20.0 Å². The van der Waals surface area contributed by atoms with Crippen LogP contribution in [0.5, 0.6) is 0 Å². The third-order valence-electron chi connectivity index (χ3n) is 15.0. The quantitative estimate of drug-likeness (QED) is 0.0272. The molecule has 0 aromatic rings. The standard InChI is InChI=1S/C73H131N2O6P/c1-6-8-10-12-14-16-18-20-22-24-26-28-30-31-32-33-34-35-36-37-38-39-40-41-42-43-45-47-49-51-53-55-57-59-61-63-65-67-73(77)74-71(70-81-82(78,79)80-69-68-75(3,4)5)72(76)66-64-62-60-58-56-54-52-50-48-46-44-29-27-25-23-21-19-17-15-13-11-9-7-2/h8,10,14,16,20,22,26,28,31-32,34-35,37-38,40-41,64,66,71-72,76H,6-7,9,11-13,15,17-19,21,23-25,27,29-30,33,36,39,42-63,65,67-70H2,1-5H3,(H-,74,77,78,79)/b10-8-,16-14-,22-20-,28-26-,32-31-,35-34-,38-37-,41-40-,66-64+. The first-order valence-corrected chi connectivity index (χ1v) is 35.7. The average molecular weight is 1160 g/mol. The molecule has 3 atom stereocenters. The van der Waals surface area contributed by atoms with Crippen molar-refractivity contribution < 1.29 is 32.9 Å². The number of amides is 1. The molecule has 0 aromatic heterocycles. The zero-order valence-corrected chi connectivity index (χ0v) is 55.1. The van der Waals surface area contributed by atoms with Gasteiger partial charge >= 0.3 is 0 Å². The highest BCUT2D eigenvalue weighted by Gasteiger charge is 2.23. The Labute approximate surface area is 508 Å². The van der Waals surface area contributed by atoms with Crippen molar-refractivity contribution >= 4 is 13.7 Å². The second-order valence-electron chi connectivity index (χ2n) is 24.2. The Morgan fingerprint density at radius 1 is 0.439 bits per heavy atom. The van der Waals surface area contributed by atoms with E-state index in [1.54, 1.807) is 6.08 Å². The summed E-state index contributed by atoms with van der Waals surface area (Å²) >= 11 is 0. The molecule has 0 aliphatic carbocycles. The molecule has 0 saturated carbocycles. The number of phosphoric ester groups is 1. The summed E-state index contributed by atoms with van der Waals surface area (Å²) in [6.07, 6.45) is 91.9. The number of rotatable bonds is 62. The molecule has 0 fully saturated rings. The number of nitrogens with one attached hydrogen (secondary N) is 1. The van der Waals surface area contributed by atoms with Gasteiger partial charge in [-0.1, -0.05) is 316 Å². The maximum absolute atomic E-state index is 13.0. The summed E-state index contributed by atoms with van der Waals surface area (Å²) in [7, 11) is 1.26. The van der Waals surface area contributed by atoms with Gasteiger partial charge in [-0.3, -0.25) is 9.36 Å². The predicted octanol–water partition coefficient (Wildman–Crippen LogP) is 21.2. The molecule has 0 radical (unpaired) electrons. The van der Waals surface area contributed by atoms with Gasteiger partial charge in [0.25, 0.3) is 7.82 Å². The van der Waals surface area contributed by atoms with E-state index in [0.29, 0.717) is 17.4 Å². The van der Waals surface area contributed by atoms with Gasteiger partial charge in [0.2, 0.25) is 5.91 Å². The highest BCUT2D eigenvalue weighted by Crippen LogP contribution is 2.38. The molecule has 8 nitrogen and oxygen atoms in total. The van der Waals surface area contributed by atoms with Crippen LogP contribution in [0.4, 0.5) is 0 Å². The Kier molecular flexibility index (Phi) is 60.5. The number of hydrogen-bond donors (Lipinski definition) is 2. The summed E-state index contributed by atoms with van der Waals surface area (Å²) < 4.78 is 23.4. The molecule has 0 aliphatic rings. The van der Waals surface area contributed by atoms with Crippen molar-refractivity contribution in [3.63, 3.8) is 0 Å². The summed E-state index contributed by atoms with van der Waals surface area (Å²) in [6, 6.07) is -0.895. The van der Waals surface area contributed by atoms with Crippen molar-refractivity contribution in [1.82, 2.24) is 5.32 Å². The zero-order valence-electron chi connectivity index (χ0n) is 54.2. The minimum Gasteiger partial charge on any atom is -0.756 e. The van der Waals surface area contributed by atoms with Crippen LogP contribution >= 0.6 is 7.82 Å². The molecule has 2 N–H and O–H groups in total. The number of allylic oxidation sites excluding steroid dienone is 17. The third-order valence-corrected chi connectivity index (χ3v) is 16.0. The smallest absolute Gasteiger partial charge is 0.268 e. The number of aliphatic hydroxyl groups excluding tert-OH is 1. The first-order chi connectivity index (χ1) is 40.0. The maximum atomic E-state index is 13.0. The number of quaternary nitrogens is 1. The lowest BCUT2D eigenvalue weighted by molar-refractivity contribution is -0.870. The van der Waals surface area contributed by atoms with Gasteiger partial charge in [0.15, 0.2) is 0 Å². The van der Waals surface area contributed by atoms with Crippen LogP contribution < -0.4 is 10.2 Å². The monoisotopic (exact) mass is 1160 g/mol. The van der Waals surface area contributed by atoms with E-state index in [1.807, 2.05) is 27.2 Å². The van der Waals surface area contributed by atoms with Gasteiger partial charge in [-0.15, -0.1) is 0 Å². The predicted molar refractivity (Wildman–Crippen MR) is 357 cm³/mol. The summed E-state index contributed by atoms with van der Waals surface area (Å²) in [5.74, 6) is -0.200. The SMILES string of the molecule is CC/C=C\C/C=C\C/C=C\C/C=C\C/C=C\C/C=C\C/C=C\C/C=C\CCCCCCCCCCCCCCC(=O)NC(COP(=O)([O-])OCC[N+](C)(C)C)C(O)/C=C/CCCCCCCCCCCCCCCCCCCCCCC. The molecule has 1 amide bonds. The van der Waals surface area contributed by atoms with Crippen molar-refractivity contribution in [2.45, 2.75) is 309 Å². The molecule has 0 saturated heterocycles. The van der Waals surface area contributed by atoms with Crippen LogP contribution in [0.3, 0.4) is 0 Å². The van der Waals surface area contributed by atoms with E-state index in [2.05, 4.69) is 116 Å². The van der Waals surface area contributed by atoms with E-state index in [9.17, 15) is 19.4 Å². The molecule has 0 heterocycles. The van der Waals surface area contributed by atoms with Crippen LogP contribution in [-0.2, 0) is 18.4 Å².